The Hall–Kier alpha value is -1.52. The fourth-order valence-corrected chi connectivity index (χ4v) is 1.01. The van der Waals surface area contributed by atoms with Gasteiger partial charge in [0.15, 0.2) is 0 Å². The van der Waals surface area contributed by atoms with Gasteiger partial charge in [-0.3, -0.25) is 0 Å². The summed E-state index contributed by atoms with van der Waals surface area (Å²) in [7, 11) is 0. The summed E-state index contributed by atoms with van der Waals surface area (Å²) in [4.78, 5) is 14.3. The Bertz CT molecular complexity index is 327. The summed E-state index contributed by atoms with van der Waals surface area (Å²) in [5, 5.41) is 8.58. The summed E-state index contributed by atoms with van der Waals surface area (Å²) in [6.45, 7) is 0. The van der Waals surface area contributed by atoms with E-state index in [0.29, 0.717) is 11.8 Å². The third-order valence-corrected chi connectivity index (χ3v) is 1.80. The van der Waals surface area contributed by atoms with Crippen molar-refractivity contribution in [3.05, 3.63) is 11.6 Å². The molecular formula is C7H8N2O3. The number of carbonyl (C=O) groups is 1. The molecule has 5 heteroatoms. The molecule has 2 rings (SSSR count). The lowest BCUT2D eigenvalue weighted by Crippen LogP contribution is -2.00. The number of nitrogens with zero attached hydrogens (tertiary/aromatic N) is 1. The maximum atomic E-state index is 10.5. The van der Waals surface area contributed by atoms with Gasteiger partial charge in [0.25, 0.3) is 0 Å². The molecule has 0 atom stereocenters. The number of carboxylic acids is 1. The maximum Gasteiger partial charge on any atom is 0.360 e. The monoisotopic (exact) mass is 168 g/mol. The van der Waals surface area contributed by atoms with Crippen LogP contribution in [0.3, 0.4) is 0 Å². The van der Waals surface area contributed by atoms with Crippen LogP contribution < -0.4 is 5.73 Å². The molecule has 1 aliphatic rings. The summed E-state index contributed by atoms with van der Waals surface area (Å²) < 4.78 is 4.99. The van der Waals surface area contributed by atoms with Gasteiger partial charge in [-0.2, -0.15) is 0 Å². The lowest BCUT2D eigenvalue weighted by molar-refractivity contribution is 0.0692. The molecular weight excluding hydrogens is 160 g/mol. The van der Waals surface area contributed by atoms with E-state index in [9.17, 15) is 4.79 Å². The smallest absolute Gasteiger partial charge is 0.360 e. The summed E-state index contributed by atoms with van der Waals surface area (Å²) in [6.07, 6.45) is 2.03. The molecule has 0 aromatic carbocycles. The molecule has 0 bridgehead atoms. The molecule has 1 aromatic heterocycles. The van der Waals surface area contributed by atoms with Crippen molar-refractivity contribution in [2.45, 2.75) is 18.8 Å². The van der Waals surface area contributed by atoms with Gasteiger partial charge in [0.1, 0.15) is 0 Å². The second-order valence-electron chi connectivity index (χ2n) is 2.84. The van der Waals surface area contributed by atoms with Crippen molar-refractivity contribution in [3.63, 3.8) is 0 Å². The second-order valence-corrected chi connectivity index (χ2v) is 2.84. The van der Waals surface area contributed by atoms with Gasteiger partial charge in [-0.25, -0.2) is 9.78 Å². The number of aromatic nitrogens is 1. The third-order valence-electron chi connectivity index (χ3n) is 1.80. The summed E-state index contributed by atoms with van der Waals surface area (Å²) in [5.74, 6) is -0.474. The largest absolute Gasteiger partial charge is 0.476 e. The molecule has 1 saturated carbocycles. The van der Waals surface area contributed by atoms with Crippen LogP contribution in [-0.2, 0) is 0 Å². The van der Waals surface area contributed by atoms with E-state index in [2.05, 4.69) is 4.98 Å². The van der Waals surface area contributed by atoms with Crippen LogP contribution in [0.25, 0.3) is 0 Å². The van der Waals surface area contributed by atoms with Crippen LogP contribution in [0.4, 0.5) is 5.88 Å². The summed E-state index contributed by atoms with van der Waals surface area (Å²) >= 11 is 0. The van der Waals surface area contributed by atoms with Crippen molar-refractivity contribution in [1.82, 2.24) is 4.98 Å². The predicted molar refractivity (Wildman–Crippen MR) is 39.8 cm³/mol. The van der Waals surface area contributed by atoms with Crippen LogP contribution in [-0.4, -0.2) is 16.1 Å². The Labute approximate surface area is 68.2 Å². The lowest BCUT2D eigenvalue weighted by atomic mass is 10.4. The number of nitrogens with two attached hydrogens (primary N) is 1. The van der Waals surface area contributed by atoms with E-state index in [4.69, 9.17) is 15.3 Å². The van der Waals surface area contributed by atoms with Gasteiger partial charge >= 0.3 is 5.97 Å². The van der Waals surface area contributed by atoms with Crippen LogP contribution >= 0.6 is 0 Å². The van der Waals surface area contributed by atoms with E-state index in [1.807, 2.05) is 0 Å². The van der Waals surface area contributed by atoms with E-state index < -0.39 is 5.97 Å². The fraction of sp³-hybridized carbons (Fsp3) is 0.429. The van der Waals surface area contributed by atoms with E-state index in [0.717, 1.165) is 12.8 Å². The number of oxazole rings is 1. The van der Waals surface area contributed by atoms with Gasteiger partial charge in [0.2, 0.25) is 17.5 Å². The Balaban J connectivity index is 2.36. The van der Waals surface area contributed by atoms with Crippen molar-refractivity contribution in [2.75, 3.05) is 5.73 Å². The minimum absolute atomic E-state index is 0.0931. The number of anilines is 1. The molecule has 3 N–H and O–H groups in total. The van der Waals surface area contributed by atoms with Gasteiger partial charge in [-0.15, -0.1) is 0 Å². The first-order valence-electron chi connectivity index (χ1n) is 3.68. The topological polar surface area (TPSA) is 89.4 Å². The van der Waals surface area contributed by atoms with Crippen LogP contribution in [0.2, 0.25) is 0 Å². The molecule has 0 aliphatic heterocycles. The molecule has 0 unspecified atom stereocenters. The van der Waals surface area contributed by atoms with Crippen molar-refractivity contribution < 1.29 is 14.3 Å². The van der Waals surface area contributed by atoms with E-state index >= 15 is 0 Å². The Morgan fingerprint density at radius 1 is 1.67 bits per heavy atom. The van der Waals surface area contributed by atoms with Crippen LogP contribution in [0, 0.1) is 0 Å². The van der Waals surface area contributed by atoms with Gasteiger partial charge in [0.05, 0.1) is 0 Å². The number of aromatic carboxylic acids is 1. The zero-order valence-electron chi connectivity index (χ0n) is 6.28. The van der Waals surface area contributed by atoms with E-state index in [1.54, 1.807) is 0 Å². The number of rotatable bonds is 2. The molecule has 1 fully saturated rings. The molecule has 12 heavy (non-hydrogen) atoms. The molecule has 0 spiro atoms. The van der Waals surface area contributed by atoms with Crippen LogP contribution in [0.5, 0.6) is 0 Å². The summed E-state index contributed by atoms with van der Waals surface area (Å²) in [6, 6.07) is 0. The molecule has 0 radical (unpaired) electrons. The quantitative estimate of drug-likeness (QED) is 0.682. The molecule has 1 heterocycles. The minimum atomic E-state index is -1.14. The molecule has 5 nitrogen and oxygen atoms in total. The first-order valence-corrected chi connectivity index (χ1v) is 3.68. The predicted octanol–water partition coefficient (Wildman–Crippen LogP) is 0.832. The highest BCUT2D eigenvalue weighted by atomic mass is 16.4. The molecule has 0 amide bonds. The van der Waals surface area contributed by atoms with Crippen molar-refractivity contribution in [1.29, 1.82) is 0 Å². The van der Waals surface area contributed by atoms with Crippen LogP contribution in [0.15, 0.2) is 4.42 Å². The standard InChI is InChI=1S/C7H8N2O3/c8-5-4(7(10)11)9-6(12-5)3-1-2-3/h3H,1-2,8H2,(H,10,11). The third kappa shape index (κ3) is 1.03. The second kappa shape index (κ2) is 2.23. The van der Waals surface area contributed by atoms with E-state index in [1.165, 1.54) is 0 Å². The maximum absolute atomic E-state index is 10.5. The minimum Gasteiger partial charge on any atom is -0.476 e. The lowest BCUT2D eigenvalue weighted by Gasteiger charge is -1.83. The highest BCUT2D eigenvalue weighted by Gasteiger charge is 2.31. The number of carboxylic acid groups (broad SMARTS) is 1. The zero-order valence-corrected chi connectivity index (χ0v) is 6.28. The van der Waals surface area contributed by atoms with Gasteiger partial charge in [-0.05, 0) is 12.8 Å². The first kappa shape index (κ1) is 7.15. The average molecular weight is 168 g/mol. The number of nitrogen functional groups attached to an aromatic ring is 1. The fourth-order valence-electron chi connectivity index (χ4n) is 1.01. The average Bonchev–Trinajstić information content (AvgIpc) is 2.75. The SMILES string of the molecule is Nc1oc(C2CC2)nc1C(=O)O. The van der Waals surface area contributed by atoms with Crippen molar-refractivity contribution in [2.24, 2.45) is 0 Å². The Morgan fingerprint density at radius 3 is 2.75 bits per heavy atom. The van der Waals surface area contributed by atoms with Gasteiger partial charge in [-0.1, -0.05) is 0 Å². The highest BCUT2D eigenvalue weighted by molar-refractivity contribution is 5.89. The Kier molecular flexibility index (Phi) is 1.33. The zero-order chi connectivity index (χ0) is 8.72. The Morgan fingerprint density at radius 2 is 2.33 bits per heavy atom. The molecule has 64 valence electrons. The summed E-state index contributed by atoms with van der Waals surface area (Å²) in [5.41, 5.74) is 5.13. The normalized spacial score (nSPS) is 16.3. The van der Waals surface area contributed by atoms with Crippen molar-refractivity contribution in [3.8, 4) is 0 Å². The molecule has 1 aliphatic carbocycles. The first-order chi connectivity index (χ1) is 5.68. The van der Waals surface area contributed by atoms with Gasteiger partial charge < -0.3 is 15.3 Å². The molecule has 0 saturated heterocycles. The highest BCUT2D eigenvalue weighted by Crippen LogP contribution is 2.40. The number of hydrogen-bond acceptors (Lipinski definition) is 4. The van der Waals surface area contributed by atoms with Gasteiger partial charge in [0, 0.05) is 5.92 Å². The number of hydrogen-bond donors (Lipinski definition) is 2. The molecule has 1 aromatic rings. The van der Waals surface area contributed by atoms with Crippen molar-refractivity contribution >= 4 is 11.9 Å². The van der Waals surface area contributed by atoms with E-state index in [-0.39, 0.29) is 11.6 Å². The van der Waals surface area contributed by atoms with Crippen LogP contribution in [0.1, 0.15) is 35.1 Å².